The number of aromatic nitrogens is 1. The molecule has 28 heavy (non-hydrogen) atoms. The molecule has 1 aliphatic heterocycles. The normalized spacial score (nSPS) is 16.5. The summed E-state index contributed by atoms with van der Waals surface area (Å²) in [7, 11) is 3.28. The Morgan fingerprint density at radius 2 is 1.96 bits per heavy atom. The van der Waals surface area contributed by atoms with Gasteiger partial charge in [-0.1, -0.05) is 13.0 Å². The summed E-state index contributed by atoms with van der Waals surface area (Å²) in [5, 5.41) is 9.33. The molecule has 2 aromatic rings. The van der Waals surface area contributed by atoms with Gasteiger partial charge >= 0.3 is 5.97 Å². The van der Waals surface area contributed by atoms with Gasteiger partial charge < -0.3 is 14.6 Å². The minimum Gasteiger partial charge on any atom is -0.497 e. The van der Waals surface area contributed by atoms with Crippen molar-refractivity contribution < 1.29 is 19.4 Å². The van der Waals surface area contributed by atoms with Gasteiger partial charge in [0.1, 0.15) is 11.5 Å². The molecule has 1 aromatic carbocycles. The Kier molecular flexibility index (Phi) is 6.52. The first-order valence-corrected chi connectivity index (χ1v) is 9.71. The molecule has 0 saturated carbocycles. The van der Waals surface area contributed by atoms with Crippen LogP contribution in [0.4, 0.5) is 0 Å². The van der Waals surface area contributed by atoms with Crippen LogP contribution in [0.5, 0.6) is 11.5 Å². The van der Waals surface area contributed by atoms with E-state index in [1.807, 2.05) is 24.4 Å². The molecule has 1 atom stereocenters. The van der Waals surface area contributed by atoms with Gasteiger partial charge in [-0.15, -0.1) is 0 Å². The zero-order valence-corrected chi connectivity index (χ0v) is 16.7. The number of carbonyl (C=O) groups is 1. The van der Waals surface area contributed by atoms with E-state index in [2.05, 4.69) is 24.0 Å². The number of ether oxygens (including phenoxy) is 2. The number of benzene rings is 1. The summed E-state index contributed by atoms with van der Waals surface area (Å²) in [6, 6.07) is 9.90. The molecule has 6 nitrogen and oxygen atoms in total. The minimum atomic E-state index is -0.705. The van der Waals surface area contributed by atoms with Gasteiger partial charge in [-0.3, -0.25) is 14.7 Å². The average Bonchev–Trinajstić information content (AvgIpc) is 2.75. The lowest BCUT2D eigenvalue weighted by molar-refractivity contribution is -0.143. The highest BCUT2D eigenvalue weighted by Gasteiger charge is 2.32. The second kappa shape index (κ2) is 9.06. The van der Waals surface area contributed by atoms with Gasteiger partial charge in [0.05, 0.1) is 31.9 Å². The number of hydrogen-bond donors (Lipinski definition) is 1. The summed E-state index contributed by atoms with van der Waals surface area (Å²) < 4.78 is 11.0. The van der Waals surface area contributed by atoms with Crippen molar-refractivity contribution in [3.63, 3.8) is 0 Å². The highest BCUT2D eigenvalue weighted by atomic mass is 16.5. The highest BCUT2D eigenvalue weighted by molar-refractivity contribution is 5.70. The average molecular weight is 384 g/mol. The predicted octanol–water partition coefficient (Wildman–Crippen LogP) is 3.55. The van der Waals surface area contributed by atoms with Crippen LogP contribution >= 0.6 is 0 Å². The van der Waals surface area contributed by atoms with Crippen molar-refractivity contribution in [1.82, 2.24) is 9.88 Å². The van der Waals surface area contributed by atoms with E-state index in [0.717, 1.165) is 29.2 Å². The molecule has 0 spiro atoms. The summed E-state index contributed by atoms with van der Waals surface area (Å²) in [5.41, 5.74) is 3.14. The number of aliphatic carboxylic acids is 1. The quantitative estimate of drug-likeness (QED) is 0.787. The standard InChI is InChI=1S/C22H28N2O4/c1-4-15-5-8-19(23-14-15)21(24-11-9-16(10-12-24)22(25)26)18-7-6-17(27-2)13-20(18)28-3/h5-8,13-14,16,21H,4,9-12H2,1-3H3,(H,25,26). The fraction of sp³-hybridized carbons (Fsp3) is 0.455. The number of nitrogens with zero attached hydrogens (tertiary/aromatic N) is 2. The highest BCUT2D eigenvalue weighted by Crippen LogP contribution is 2.38. The Morgan fingerprint density at radius 3 is 2.50 bits per heavy atom. The Hall–Kier alpha value is -2.60. The maximum absolute atomic E-state index is 11.3. The van der Waals surface area contributed by atoms with Gasteiger partial charge in [0.25, 0.3) is 0 Å². The molecule has 0 aliphatic carbocycles. The molecular formula is C22H28N2O4. The van der Waals surface area contributed by atoms with E-state index >= 15 is 0 Å². The van der Waals surface area contributed by atoms with Crippen LogP contribution < -0.4 is 9.47 Å². The van der Waals surface area contributed by atoms with Crippen molar-refractivity contribution in [2.24, 2.45) is 5.92 Å². The van der Waals surface area contributed by atoms with Crippen LogP contribution in [0, 0.1) is 5.92 Å². The van der Waals surface area contributed by atoms with Crippen LogP contribution in [-0.4, -0.2) is 48.3 Å². The fourth-order valence-electron chi connectivity index (χ4n) is 3.80. The van der Waals surface area contributed by atoms with Gasteiger partial charge in [0.2, 0.25) is 0 Å². The van der Waals surface area contributed by atoms with E-state index in [0.29, 0.717) is 25.9 Å². The number of hydrogen-bond acceptors (Lipinski definition) is 5. The Labute approximate surface area is 166 Å². The molecule has 1 aliphatic rings. The van der Waals surface area contributed by atoms with Crippen LogP contribution in [0.2, 0.25) is 0 Å². The van der Waals surface area contributed by atoms with Crippen LogP contribution in [0.15, 0.2) is 36.5 Å². The SMILES string of the molecule is CCc1ccc(C(c2ccc(OC)cc2OC)N2CCC(C(=O)O)CC2)nc1. The van der Waals surface area contributed by atoms with E-state index in [1.54, 1.807) is 14.2 Å². The van der Waals surface area contributed by atoms with E-state index in [9.17, 15) is 9.90 Å². The van der Waals surface area contributed by atoms with E-state index in [1.165, 1.54) is 5.56 Å². The number of likely N-dealkylation sites (tertiary alicyclic amines) is 1. The first-order valence-electron chi connectivity index (χ1n) is 9.71. The summed E-state index contributed by atoms with van der Waals surface area (Å²) in [6.45, 7) is 3.51. The third kappa shape index (κ3) is 4.28. The summed E-state index contributed by atoms with van der Waals surface area (Å²) in [4.78, 5) is 18.4. The number of pyridine rings is 1. The topological polar surface area (TPSA) is 71.9 Å². The molecule has 6 heteroatoms. The summed E-state index contributed by atoms with van der Waals surface area (Å²) in [6.07, 6.45) is 4.13. The third-order valence-corrected chi connectivity index (χ3v) is 5.52. The van der Waals surface area contributed by atoms with Crippen LogP contribution in [0.1, 0.15) is 42.6 Å². The second-order valence-corrected chi connectivity index (χ2v) is 7.10. The Morgan fingerprint density at radius 1 is 1.21 bits per heavy atom. The number of aryl methyl sites for hydroxylation is 1. The maximum Gasteiger partial charge on any atom is 0.306 e. The molecule has 0 amide bonds. The molecule has 150 valence electrons. The number of piperidine rings is 1. The Bertz CT molecular complexity index is 799. The lowest BCUT2D eigenvalue weighted by Crippen LogP contribution is -2.39. The second-order valence-electron chi connectivity index (χ2n) is 7.10. The first-order chi connectivity index (χ1) is 13.6. The van der Waals surface area contributed by atoms with Crippen LogP contribution in [0.25, 0.3) is 0 Å². The van der Waals surface area contributed by atoms with Crippen molar-refractivity contribution >= 4 is 5.97 Å². The zero-order chi connectivity index (χ0) is 20.1. The molecule has 2 heterocycles. The minimum absolute atomic E-state index is 0.0958. The molecule has 3 rings (SSSR count). The molecule has 1 saturated heterocycles. The van der Waals surface area contributed by atoms with Gasteiger partial charge in [0.15, 0.2) is 0 Å². The van der Waals surface area contributed by atoms with E-state index in [4.69, 9.17) is 14.5 Å². The van der Waals surface area contributed by atoms with Crippen LogP contribution in [-0.2, 0) is 11.2 Å². The number of carboxylic acid groups (broad SMARTS) is 1. The molecule has 1 N–H and O–H groups in total. The Balaban J connectivity index is 1.98. The van der Waals surface area contributed by atoms with Gasteiger partial charge in [-0.25, -0.2) is 0 Å². The predicted molar refractivity (Wildman–Crippen MR) is 107 cm³/mol. The van der Waals surface area contributed by atoms with Crippen molar-refractivity contribution in [3.05, 3.63) is 53.3 Å². The molecule has 1 aromatic heterocycles. The molecule has 0 bridgehead atoms. The fourth-order valence-corrected chi connectivity index (χ4v) is 3.80. The van der Waals surface area contributed by atoms with Crippen molar-refractivity contribution in [2.45, 2.75) is 32.2 Å². The molecule has 0 radical (unpaired) electrons. The smallest absolute Gasteiger partial charge is 0.306 e. The first kappa shape index (κ1) is 20.1. The van der Waals surface area contributed by atoms with E-state index in [-0.39, 0.29) is 12.0 Å². The number of rotatable bonds is 7. The largest absolute Gasteiger partial charge is 0.497 e. The summed E-state index contributed by atoms with van der Waals surface area (Å²) >= 11 is 0. The number of methoxy groups -OCH3 is 2. The lowest BCUT2D eigenvalue weighted by atomic mass is 9.92. The lowest BCUT2D eigenvalue weighted by Gasteiger charge is -2.37. The maximum atomic E-state index is 11.3. The third-order valence-electron chi connectivity index (χ3n) is 5.52. The van der Waals surface area contributed by atoms with Gasteiger partial charge in [0, 0.05) is 17.8 Å². The monoisotopic (exact) mass is 384 g/mol. The zero-order valence-electron chi connectivity index (χ0n) is 16.7. The van der Waals surface area contributed by atoms with Crippen molar-refractivity contribution in [2.75, 3.05) is 27.3 Å². The van der Waals surface area contributed by atoms with Gasteiger partial charge in [-0.2, -0.15) is 0 Å². The van der Waals surface area contributed by atoms with Crippen LogP contribution in [0.3, 0.4) is 0 Å². The molecule has 1 fully saturated rings. The van der Waals surface area contributed by atoms with E-state index < -0.39 is 5.97 Å². The molecular weight excluding hydrogens is 356 g/mol. The number of carboxylic acids is 1. The summed E-state index contributed by atoms with van der Waals surface area (Å²) in [5.74, 6) is 0.498. The molecule has 1 unspecified atom stereocenters. The van der Waals surface area contributed by atoms with Crippen molar-refractivity contribution in [1.29, 1.82) is 0 Å². The van der Waals surface area contributed by atoms with Crippen molar-refractivity contribution in [3.8, 4) is 11.5 Å². The van der Waals surface area contributed by atoms with Gasteiger partial charge in [-0.05, 0) is 56.1 Å².